The van der Waals surface area contributed by atoms with Gasteiger partial charge in [0.25, 0.3) is 10.0 Å². The van der Waals surface area contributed by atoms with E-state index in [1.165, 1.54) is 11.3 Å². The molecule has 2 rings (SSSR count). The van der Waals surface area contributed by atoms with Crippen LogP contribution in [0.4, 0.5) is 0 Å². The number of likely N-dealkylation sites (N-methyl/N-ethyl adjacent to an activating group) is 1. The average molecular weight is 332 g/mol. The van der Waals surface area contributed by atoms with Crippen molar-refractivity contribution in [2.24, 2.45) is 0 Å². The van der Waals surface area contributed by atoms with Crippen LogP contribution in [0.1, 0.15) is 25.1 Å². The van der Waals surface area contributed by atoms with Gasteiger partial charge in [0.15, 0.2) is 0 Å². The predicted molar refractivity (Wildman–Crippen MR) is 85.4 cm³/mol. The lowest BCUT2D eigenvalue weighted by Gasteiger charge is -2.31. The topological polar surface area (TPSA) is 58.6 Å². The molecule has 0 radical (unpaired) electrons. The van der Waals surface area contributed by atoms with E-state index in [9.17, 15) is 8.42 Å². The number of thiophene rings is 1. The van der Waals surface area contributed by atoms with Crippen LogP contribution in [0.3, 0.4) is 0 Å². The highest BCUT2D eigenvalue weighted by Crippen LogP contribution is 2.26. The van der Waals surface area contributed by atoms with Crippen molar-refractivity contribution < 1.29 is 13.2 Å². The predicted octanol–water partition coefficient (Wildman–Crippen LogP) is 1.70. The second kappa shape index (κ2) is 7.69. The van der Waals surface area contributed by atoms with Crippen LogP contribution in [0.5, 0.6) is 0 Å². The maximum Gasteiger partial charge on any atom is 0.252 e. The Bertz CT molecular complexity index is 542. The van der Waals surface area contributed by atoms with Gasteiger partial charge in [0.2, 0.25) is 0 Å². The zero-order chi connectivity index (χ0) is 15.3. The van der Waals surface area contributed by atoms with Crippen molar-refractivity contribution >= 4 is 21.4 Å². The van der Waals surface area contributed by atoms with Crippen LogP contribution >= 0.6 is 11.3 Å². The van der Waals surface area contributed by atoms with Crippen molar-refractivity contribution in [3.05, 3.63) is 17.0 Å². The standard InChI is InChI=1S/C14H24N2O3S2/c1-3-12-11-16(9-10-19-12)21(17,18)14-6-5-13(20-14)7-8-15-4-2/h5-6,12,15H,3-4,7-11H2,1-2H3. The van der Waals surface area contributed by atoms with Crippen LogP contribution in [-0.2, 0) is 21.2 Å². The number of nitrogens with one attached hydrogen (secondary N) is 1. The number of hydrogen-bond acceptors (Lipinski definition) is 5. The van der Waals surface area contributed by atoms with Crippen LogP contribution in [0.15, 0.2) is 16.3 Å². The lowest BCUT2D eigenvalue weighted by Crippen LogP contribution is -2.45. The molecule has 1 unspecified atom stereocenters. The molecule has 21 heavy (non-hydrogen) atoms. The molecule has 0 spiro atoms. The Kier molecular flexibility index (Phi) is 6.19. The molecule has 1 N–H and O–H groups in total. The summed E-state index contributed by atoms with van der Waals surface area (Å²) in [4.78, 5) is 1.11. The molecule has 0 saturated carbocycles. The Labute approximate surface area is 131 Å². The first-order chi connectivity index (χ1) is 10.1. The van der Waals surface area contributed by atoms with E-state index in [2.05, 4.69) is 12.2 Å². The number of nitrogens with zero attached hydrogens (tertiary/aromatic N) is 1. The Morgan fingerprint density at radius 2 is 2.24 bits per heavy atom. The molecule has 120 valence electrons. The first-order valence-corrected chi connectivity index (χ1v) is 9.74. The van der Waals surface area contributed by atoms with Gasteiger partial charge < -0.3 is 10.1 Å². The van der Waals surface area contributed by atoms with Gasteiger partial charge in [-0.1, -0.05) is 13.8 Å². The number of rotatable bonds is 7. The normalized spacial score (nSPS) is 20.8. The minimum Gasteiger partial charge on any atom is -0.375 e. The summed E-state index contributed by atoms with van der Waals surface area (Å²) in [6.45, 7) is 7.29. The van der Waals surface area contributed by atoms with E-state index >= 15 is 0 Å². The van der Waals surface area contributed by atoms with Crippen molar-refractivity contribution in [2.75, 3.05) is 32.8 Å². The van der Waals surface area contributed by atoms with E-state index in [1.807, 2.05) is 13.0 Å². The second-order valence-electron chi connectivity index (χ2n) is 5.09. The maximum atomic E-state index is 12.7. The van der Waals surface area contributed by atoms with Crippen LogP contribution in [0.2, 0.25) is 0 Å². The number of morpholine rings is 1. The first-order valence-electron chi connectivity index (χ1n) is 7.49. The molecule has 1 aromatic heterocycles. The van der Waals surface area contributed by atoms with E-state index in [-0.39, 0.29) is 6.10 Å². The summed E-state index contributed by atoms with van der Waals surface area (Å²) in [7, 11) is -3.36. The molecule has 1 saturated heterocycles. The molecular weight excluding hydrogens is 308 g/mol. The third-order valence-electron chi connectivity index (χ3n) is 3.59. The molecule has 1 aromatic rings. The lowest BCUT2D eigenvalue weighted by atomic mass is 10.2. The van der Waals surface area contributed by atoms with Gasteiger partial charge in [-0.15, -0.1) is 11.3 Å². The molecule has 5 nitrogen and oxygen atoms in total. The molecule has 0 bridgehead atoms. The Balaban J connectivity index is 2.05. The third kappa shape index (κ3) is 4.26. The lowest BCUT2D eigenvalue weighted by molar-refractivity contribution is -0.00272. The molecule has 7 heteroatoms. The Morgan fingerprint density at radius 3 is 2.95 bits per heavy atom. The van der Waals surface area contributed by atoms with Crippen LogP contribution in [0, 0.1) is 0 Å². The van der Waals surface area contributed by atoms with E-state index < -0.39 is 10.0 Å². The van der Waals surface area contributed by atoms with E-state index in [0.29, 0.717) is 23.9 Å². The van der Waals surface area contributed by atoms with Crippen LogP contribution < -0.4 is 5.32 Å². The van der Waals surface area contributed by atoms with E-state index in [4.69, 9.17) is 4.74 Å². The van der Waals surface area contributed by atoms with Crippen molar-refractivity contribution in [3.8, 4) is 0 Å². The number of sulfonamides is 1. The molecule has 1 fully saturated rings. The van der Waals surface area contributed by atoms with Crippen molar-refractivity contribution in [1.82, 2.24) is 9.62 Å². The number of hydrogen-bond donors (Lipinski definition) is 1. The highest BCUT2D eigenvalue weighted by Gasteiger charge is 2.31. The van der Waals surface area contributed by atoms with Crippen LogP contribution in [0.25, 0.3) is 0 Å². The van der Waals surface area contributed by atoms with Crippen molar-refractivity contribution in [3.63, 3.8) is 0 Å². The fourth-order valence-electron chi connectivity index (χ4n) is 2.30. The van der Waals surface area contributed by atoms with Gasteiger partial charge in [-0.2, -0.15) is 4.31 Å². The average Bonchev–Trinajstić information content (AvgIpc) is 2.97. The second-order valence-corrected chi connectivity index (χ2v) is 8.42. The van der Waals surface area contributed by atoms with Gasteiger partial charge in [-0.05, 0) is 38.1 Å². The molecule has 1 aliphatic rings. The summed E-state index contributed by atoms with van der Waals surface area (Å²) in [6.07, 6.45) is 1.72. The fraction of sp³-hybridized carbons (Fsp3) is 0.714. The molecule has 1 atom stereocenters. The molecule has 0 aliphatic carbocycles. The van der Waals surface area contributed by atoms with Gasteiger partial charge in [-0.3, -0.25) is 0 Å². The SMILES string of the molecule is CCNCCc1ccc(S(=O)(=O)N2CCOC(CC)C2)s1. The van der Waals surface area contributed by atoms with Crippen LogP contribution in [-0.4, -0.2) is 51.6 Å². The smallest absolute Gasteiger partial charge is 0.252 e. The monoisotopic (exact) mass is 332 g/mol. The zero-order valence-corrected chi connectivity index (χ0v) is 14.3. The minimum absolute atomic E-state index is 0.0155. The summed E-state index contributed by atoms with van der Waals surface area (Å²) in [5, 5.41) is 3.25. The van der Waals surface area contributed by atoms with Crippen molar-refractivity contribution in [2.45, 2.75) is 37.0 Å². The quantitative estimate of drug-likeness (QED) is 0.772. The molecular formula is C14H24N2O3S2. The van der Waals surface area contributed by atoms with Gasteiger partial charge in [0.05, 0.1) is 12.7 Å². The minimum atomic E-state index is -3.36. The largest absolute Gasteiger partial charge is 0.375 e. The molecule has 1 aliphatic heterocycles. The van der Waals surface area contributed by atoms with Gasteiger partial charge in [-0.25, -0.2) is 8.42 Å². The highest BCUT2D eigenvalue weighted by molar-refractivity contribution is 7.91. The summed E-state index contributed by atoms with van der Waals surface area (Å²) in [5.74, 6) is 0. The fourth-order valence-corrected chi connectivity index (χ4v) is 5.27. The highest BCUT2D eigenvalue weighted by atomic mass is 32.2. The number of ether oxygens (including phenoxy) is 1. The summed E-state index contributed by atoms with van der Waals surface area (Å²) in [5.41, 5.74) is 0. The zero-order valence-electron chi connectivity index (χ0n) is 12.7. The first kappa shape index (κ1) is 16.9. The Hall–Kier alpha value is -0.470. The van der Waals surface area contributed by atoms with E-state index in [0.717, 1.165) is 30.8 Å². The van der Waals surface area contributed by atoms with E-state index in [1.54, 1.807) is 10.4 Å². The molecule has 2 heterocycles. The molecule has 0 aromatic carbocycles. The van der Waals surface area contributed by atoms with Crippen molar-refractivity contribution in [1.29, 1.82) is 0 Å². The molecule has 0 amide bonds. The summed E-state index contributed by atoms with van der Waals surface area (Å²) in [6, 6.07) is 3.66. The summed E-state index contributed by atoms with van der Waals surface area (Å²) < 4.78 is 32.9. The third-order valence-corrected chi connectivity index (χ3v) is 7.06. The Morgan fingerprint density at radius 1 is 1.43 bits per heavy atom. The summed E-state index contributed by atoms with van der Waals surface area (Å²) >= 11 is 1.38. The van der Waals surface area contributed by atoms with Gasteiger partial charge >= 0.3 is 0 Å². The maximum absolute atomic E-state index is 12.7. The van der Waals surface area contributed by atoms with Gasteiger partial charge in [0.1, 0.15) is 4.21 Å². The van der Waals surface area contributed by atoms with Gasteiger partial charge in [0, 0.05) is 18.0 Å².